The van der Waals surface area contributed by atoms with Crippen molar-refractivity contribution >= 4 is 0 Å². The summed E-state index contributed by atoms with van der Waals surface area (Å²) in [6.45, 7) is 5.10. The first-order chi connectivity index (χ1) is 9.22. The lowest BCUT2D eigenvalue weighted by molar-refractivity contribution is 0.460. The number of hydrogen-bond acceptors (Lipinski definition) is 4. The fraction of sp³-hybridized carbons (Fsp3) is 0.429. The van der Waals surface area contributed by atoms with Crippen LogP contribution in [0.1, 0.15) is 31.9 Å². The van der Waals surface area contributed by atoms with Crippen molar-refractivity contribution in [3.05, 3.63) is 36.3 Å². The van der Waals surface area contributed by atoms with Gasteiger partial charge >= 0.3 is 0 Å². The molecule has 1 atom stereocenters. The Hall–Kier alpha value is -1.88. The Morgan fingerprint density at radius 1 is 1.37 bits per heavy atom. The minimum Gasteiger partial charge on any atom is -0.436 e. The van der Waals surface area contributed by atoms with Crippen LogP contribution in [-0.2, 0) is 6.54 Å². The second-order valence-electron chi connectivity index (χ2n) is 4.48. The summed E-state index contributed by atoms with van der Waals surface area (Å²) in [7, 11) is 1.93. The molecule has 0 bridgehead atoms. The summed E-state index contributed by atoms with van der Waals surface area (Å²) >= 11 is 0. The fourth-order valence-electron chi connectivity index (χ4n) is 1.74. The zero-order chi connectivity index (χ0) is 13.7. The molecule has 0 aromatic carbocycles. The predicted molar refractivity (Wildman–Crippen MR) is 74.3 cm³/mol. The van der Waals surface area contributed by atoms with E-state index in [0.717, 1.165) is 24.3 Å². The van der Waals surface area contributed by atoms with E-state index in [-0.39, 0.29) is 6.04 Å². The molecule has 0 aliphatic heterocycles. The zero-order valence-corrected chi connectivity index (χ0v) is 11.6. The molecule has 2 aromatic heterocycles. The SMILES string of the molecule is CCCn1cc(Oc2ccc(C(C)NC)cn2)cn1. The third kappa shape index (κ3) is 3.54. The van der Waals surface area contributed by atoms with Gasteiger partial charge < -0.3 is 10.1 Å². The van der Waals surface area contributed by atoms with E-state index in [0.29, 0.717) is 5.88 Å². The quantitative estimate of drug-likeness (QED) is 0.867. The van der Waals surface area contributed by atoms with Crippen molar-refractivity contribution in [2.24, 2.45) is 0 Å². The normalized spacial score (nSPS) is 12.4. The van der Waals surface area contributed by atoms with Crippen LogP contribution >= 0.6 is 0 Å². The summed E-state index contributed by atoms with van der Waals surface area (Å²) in [5.41, 5.74) is 1.14. The van der Waals surface area contributed by atoms with E-state index in [1.165, 1.54) is 0 Å². The molecule has 0 spiro atoms. The molecule has 0 aliphatic carbocycles. The highest BCUT2D eigenvalue weighted by atomic mass is 16.5. The third-order valence-corrected chi connectivity index (χ3v) is 2.98. The highest BCUT2D eigenvalue weighted by Gasteiger charge is 2.05. The molecule has 1 N–H and O–H groups in total. The Morgan fingerprint density at radius 2 is 2.21 bits per heavy atom. The zero-order valence-electron chi connectivity index (χ0n) is 11.6. The second kappa shape index (κ2) is 6.33. The highest BCUT2D eigenvalue weighted by Crippen LogP contribution is 2.20. The lowest BCUT2D eigenvalue weighted by atomic mass is 10.1. The molecule has 5 heteroatoms. The third-order valence-electron chi connectivity index (χ3n) is 2.98. The maximum atomic E-state index is 5.66. The number of nitrogens with zero attached hydrogens (tertiary/aromatic N) is 3. The van der Waals surface area contributed by atoms with Crippen molar-refractivity contribution in [1.82, 2.24) is 20.1 Å². The van der Waals surface area contributed by atoms with Crippen LogP contribution in [0.5, 0.6) is 11.6 Å². The largest absolute Gasteiger partial charge is 0.436 e. The molecular weight excluding hydrogens is 240 g/mol. The molecule has 19 heavy (non-hydrogen) atoms. The van der Waals surface area contributed by atoms with Crippen molar-refractivity contribution in [3.8, 4) is 11.6 Å². The van der Waals surface area contributed by atoms with Crippen LogP contribution in [0.3, 0.4) is 0 Å². The van der Waals surface area contributed by atoms with Gasteiger partial charge in [0.05, 0.1) is 12.4 Å². The average Bonchev–Trinajstić information content (AvgIpc) is 2.86. The van der Waals surface area contributed by atoms with Crippen molar-refractivity contribution in [3.63, 3.8) is 0 Å². The minimum absolute atomic E-state index is 0.286. The van der Waals surface area contributed by atoms with E-state index in [2.05, 4.69) is 29.2 Å². The standard InChI is InChI=1S/C14H20N4O/c1-4-7-18-10-13(9-17-18)19-14-6-5-12(8-16-14)11(2)15-3/h5-6,8-11,15H,4,7H2,1-3H3. The monoisotopic (exact) mass is 260 g/mol. The smallest absolute Gasteiger partial charge is 0.219 e. The Bertz CT molecular complexity index is 506. The molecular formula is C14H20N4O. The van der Waals surface area contributed by atoms with E-state index in [9.17, 15) is 0 Å². The molecule has 5 nitrogen and oxygen atoms in total. The van der Waals surface area contributed by atoms with Gasteiger partial charge in [-0.25, -0.2) is 4.98 Å². The van der Waals surface area contributed by atoms with Crippen molar-refractivity contribution in [2.45, 2.75) is 32.9 Å². The Labute approximate surface area is 113 Å². The molecule has 1 unspecified atom stereocenters. The van der Waals surface area contributed by atoms with E-state index < -0.39 is 0 Å². The van der Waals surface area contributed by atoms with E-state index in [1.54, 1.807) is 6.20 Å². The van der Waals surface area contributed by atoms with Gasteiger partial charge in [0.1, 0.15) is 0 Å². The predicted octanol–water partition coefficient (Wildman–Crippen LogP) is 2.76. The van der Waals surface area contributed by atoms with Gasteiger partial charge in [-0.1, -0.05) is 13.0 Å². The van der Waals surface area contributed by atoms with Gasteiger partial charge in [0.2, 0.25) is 5.88 Å². The lowest BCUT2D eigenvalue weighted by Gasteiger charge is -2.10. The topological polar surface area (TPSA) is 52.0 Å². The maximum Gasteiger partial charge on any atom is 0.219 e. The Kier molecular flexibility index (Phi) is 4.52. The number of pyridine rings is 1. The average molecular weight is 260 g/mol. The number of rotatable bonds is 6. The first kappa shape index (κ1) is 13.5. The molecule has 2 heterocycles. The van der Waals surface area contributed by atoms with Gasteiger partial charge in [-0.15, -0.1) is 0 Å². The van der Waals surface area contributed by atoms with E-state index in [1.807, 2.05) is 36.3 Å². The summed E-state index contributed by atoms with van der Waals surface area (Å²) in [6, 6.07) is 4.18. The van der Waals surface area contributed by atoms with Crippen molar-refractivity contribution < 1.29 is 4.74 Å². The molecule has 0 amide bonds. The van der Waals surface area contributed by atoms with Gasteiger partial charge in [-0.05, 0) is 26.0 Å². The summed E-state index contributed by atoms with van der Waals surface area (Å²) in [5.74, 6) is 1.30. The van der Waals surface area contributed by atoms with Crippen LogP contribution in [0.15, 0.2) is 30.7 Å². The number of nitrogens with one attached hydrogen (secondary N) is 1. The van der Waals surface area contributed by atoms with Crippen LogP contribution in [-0.4, -0.2) is 21.8 Å². The maximum absolute atomic E-state index is 5.66. The first-order valence-electron chi connectivity index (χ1n) is 6.56. The van der Waals surface area contributed by atoms with Crippen LogP contribution in [0.4, 0.5) is 0 Å². The number of aryl methyl sites for hydroxylation is 1. The molecule has 102 valence electrons. The number of ether oxygens (including phenoxy) is 1. The summed E-state index contributed by atoms with van der Waals surface area (Å²) < 4.78 is 7.53. The number of aromatic nitrogens is 3. The fourth-order valence-corrected chi connectivity index (χ4v) is 1.74. The highest BCUT2D eigenvalue weighted by molar-refractivity contribution is 5.25. The number of hydrogen-bond donors (Lipinski definition) is 1. The summed E-state index contributed by atoms with van der Waals surface area (Å²) in [4.78, 5) is 4.30. The van der Waals surface area contributed by atoms with Gasteiger partial charge in [-0.2, -0.15) is 5.10 Å². The lowest BCUT2D eigenvalue weighted by Crippen LogP contribution is -2.12. The van der Waals surface area contributed by atoms with Gasteiger partial charge in [-0.3, -0.25) is 4.68 Å². The van der Waals surface area contributed by atoms with Crippen molar-refractivity contribution in [1.29, 1.82) is 0 Å². The Morgan fingerprint density at radius 3 is 2.84 bits per heavy atom. The van der Waals surface area contributed by atoms with E-state index in [4.69, 9.17) is 4.74 Å². The second-order valence-corrected chi connectivity index (χ2v) is 4.48. The van der Waals surface area contributed by atoms with Crippen LogP contribution in [0.2, 0.25) is 0 Å². The van der Waals surface area contributed by atoms with E-state index >= 15 is 0 Å². The molecule has 0 radical (unpaired) electrons. The molecule has 2 aromatic rings. The molecule has 2 rings (SSSR count). The minimum atomic E-state index is 0.286. The van der Waals surface area contributed by atoms with Crippen LogP contribution < -0.4 is 10.1 Å². The van der Waals surface area contributed by atoms with Crippen molar-refractivity contribution in [2.75, 3.05) is 7.05 Å². The van der Waals surface area contributed by atoms with Gasteiger partial charge in [0.15, 0.2) is 5.75 Å². The molecule has 0 saturated carbocycles. The molecule has 0 saturated heterocycles. The first-order valence-corrected chi connectivity index (χ1v) is 6.56. The Balaban J connectivity index is 2.02. The molecule has 0 aliphatic rings. The van der Waals surface area contributed by atoms with Crippen LogP contribution in [0.25, 0.3) is 0 Å². The van der Waals surface area contributed by atoms with Gasteiger partial charge in [0, 0.05) is 24.8 Å². The molecule has 0 fully saturated rings. The van der Waals surface area contributed by atoms with Gasteiger partial charge in [0.25, 0.3) is 0 Å². The van der Waals surface area contributed by atoms with Crippen LogP contribution in [0, 0.1) is 0 Å². The summed E-state index contributed by atoms with van der Waals surface area (Å²) in [6.07, 6.45) is 6.47. The summed E-state index contributed by atoms with van der Waals surface area (Å²) in [5, 5.41) is 7.39.